The number of nitrogens with one attached hydrogen (secondary N) is 2. The van der Waals surface area contributed by atoms with E-state index in [0.717, 1.165) is 24.6 Å². The van der Waals surface area contributed by atoms with Crippen molar-refractivity contribution in [2.24, 2.45) is 0 Å². The number of hydrogen-bond acceptors (Lipinski definition) is 3. The second-order valence-corrected chi connectivity index (χ2v) is 9.25. The number of carbonyl (C=O) groups is 1. The van der Waals surface area contributed by atoms with Gasteiger partial charge in [-0.1, -0.05) is 31.4 Å². The average Bonchev–Trinajstić information content (AvgIpc) is 3.11. The van der Waals surface area contributed by atoms with Gasteiger partial charge in [0.1, 0.15) is 19.6 Å². The first-order valence-electron chi connectivity index (χ1n) is 11.2. The molecule has 2 heterocycles. The van der Waals surface area contributed by atoms with Crippen molar-refractivity contribution in [3.05, 3.63) is 60.1 Å². The Balaban J connectivity index is 2.27. The summed E-state index contributed by atoms with van der Waals surface area (Å²) in [5.41, 5.74) is 0.613. The number of halogens is 3. The van der Waals surface area contributed by atoms with E-state index >= 15 is 0 Å². The summed E-state index contributed by atoms with van der Waals surface area (Å²) in [6.45, 7) is 15.5. The molecule has 1 aromatic rings. The summed E-state index contributed by atoms with van der Waals surface area (Å²) in [6, 6.07) is 0.426. The van der Waals surface area contributed by atoms with Crippen LogP contribution >= 0.6 is 0 Å². The van der Waals surface area contributed by atoms with Crippen LogP contribution in [-0.4, -0.2) is 51.7 Å². The maximum absolute atomic E-state index is 13.4. The van der Waals surface area contributed by atoms with E-state index in [2.05, 4.69) is 39.5 Å². The van der Waals surface area contributed by atoms with Crippen molar-refractivity contribution >= 4 is 17.7 Å². The average molecular weight is 479 g/mol. The molecule has 1 aromatic heterocycles. The zero-order chi connectivity index (χ0) is 25.7. The van der Waals surface area contributed by atoms with Gasteiger partial charge in [-0.05, 0) is 39.3 Å². The summed E-state index contributed by atoms with van der Waals surface area (Å²) in [6.07, 6.45) is 4.05. The summed E-state index contributed by atoms with van der Waals surface area (Å²) in [5, 5.41) is 9.89. The number of allylic oxidation sites excluding steroid dienone is 4. The smallest absolute Gasteiger partial charge is 0.377 e. The molecule has 1 aliphatic heterocycles. The second-order valence-electron chi connectivity index (χ2n) is 9.25. The zero-order valence-corrected chi connectivity index (χ0v) is 20.6. The summed E-state index contributed by atoms with van der Waals surface area (Å²) in [7, 11) is 1.98. The van der Waals surface area contributed by atoms with Gasteiger partial charge in [0, 0.05) is 24.1 Å². The number of hydrogen-bond donors (Lipinski definition) is 2. The van der Waals surface area contributed by atoms with E-state index in [0.29, 0.717) is 17.7 Å². The lowest BCUT2D eigenvalue weighted by molar-refractivity contribution is -0.492. The van der Waals surface area contributed by atoms with Gasteiger partial charge in [-0.2, -0.15) is 18.3 Å². The zero-order valence-electron chi connectivity index (χ0n) is 20.6. The molecule has 0 radical (unpaired) electrons. The molecule has 34 heavy (non-hydrogen) atoms. The van der Waals surface area contributed by atoms with Gasteiger partial charge in [-0.15, -0.1) is 0 Å². The van der Waals surface area contributed by atoms with Crippen LogP contribution in [0.1, 0.15) is 51.9 Å². The van der Waals surface area contributed by atoms with Crippen molar-refractivity contribution < 1.29 is 22.5 Å². The van der Waals surface area contributed by atoms with E-state index in [1.807, 2.05) is 13.3 Å². The van der Waals surface area contributed by atoms with Crippen LogP contribution in [0.15, 0.2) is 48.7 Å². The Hall–Kier alpha value is -3.10. The lowest BCUT2D eigenvalue weighted by Crippen LogP contribution is -2.53. The Morgan fingerprint density at radius 2 is 2.06 bits per heavy atom. The normalized spacial score (nSPS) is 15.8. The first-order chi connectivity index (χ1) is 15.8. The molecule has 2 N–H and O–H groups in total. The third kappa shape index (κ3) is 7.46. The molecule has 0 saturated heterocycles. The minimum atomic E-state index is -4.58. The molecule has 1 unspecified atom stereocenters. The number of rotatable bonds is 10. The molecule has 1 aliphatic rings. The molecule has 2 rings (SSSR count). The van der Waals surface area contributed by atoms with Crippen LogP contribution in [0.5, 0.6) is 0 Å². The molecule has 0 saturated carbocycles. The van der Waals surface area contributed by atoms with Gasteiger partial charge in [-0.25, -0.2) is 4.58 Å². The third-order valence-electron chi connectivity index (χ3n) is 5.36. The van der Waals surface area contributed by atoms with Gasteiger partial charge in [-0.3, -0.25) is 9.48 Å². The number of alkyl halides is 3. The quantitative estimate of drug-likeness (QED) is 0.389. The molecule has 1 amide bonds. The first-order valence-corrected chi connectivity index (χ1v) is 11.2. The minimum Gasteiger partial charge on any atom is -0.377 e. The molecule has 6 nitrogen and oxygen atoms in total. The largest absolute Gasteiger partial charge is 0.435 e. The van der Waals surface area contributed by atoms with Crippen molar-refractivity contribution in [2.45, 2.75) is 64.8 Å². The fourth-order valence-electron chi connectivity index (χ4n) is 3.85. The Kier molecular flexibility index (Phi) is 8.69. The van der Waals surface area contributed by atoms with E-state index in [-0.39, 0.29) is 18.1 Å². The van der Waals surface area contributed by atoms with Crippen LogP contribution in [0.4, 0.5) is 13.2 Å². The van der Waals surface area contributed by atoms with Crippen LogP contribution in [0, 0.1) is 0 Å². The second kappa shape index (κ2) is 10.9. The van der Waals surface area contributed by atoms with E-state index in [1.54, 1.807) is 33.8 Å². The standard InChI is InChI=1S/C25H34F3N5O/c1-8-19(9-2)21-14-22(25(26,27)28)31-33(21)16-24(5,6)30-23(34)20(29-17(3)4)13-18-11-10-12-32(7)15-18/h8-9,11,14-15,20,29H,1,3,10,12-13,16H2,2,4-7H3/p+1/b19-9+. The summed E-state index contributed by atoms with van der Waals surface area (Å²) < 4.78 is 43.4. The first kappa shape index (κ1) is 27.1. The lowest BCUT2D eigenvalue weighted by atomic mass is 10.00. The lowest BCUT2D eigenvalue weighted by Gasteiger charge is -2.30. The molecule has 0 aliphatic carbocycles. The predicted molar refractivity (Wildman–Crippen MR) is 129 cm³/mol. The highest BCUT2D eigenvalue weighted by Gasteiger charge is 2.36. The number of aromatic nitrogens is 2. The number of carbonyl (C=O) groups excluding carboxylic acids is 1. The highest BCUT2D eigenvalue weighted by Crippen LogP contribution is 2.31. The fraction of sp³-hybridized carbons (Fsp3) is 0.480. The molecular weight excluding hydrogens is 443 g/mol. The molecule has 0 spiro atoms. The van der Waals surface area contributed by atoms with Gasteiger partial charge in [0.2, 0.25) is 5.91 Å². The van der Waals surface area contributed by atoms with Crippen LogP contribution in [0.25, 0.3) is 5.57 Å². The maximum Gasteiger partial charge on any atom is 0.435 e. The monoisotopic (exact) mass is 478 g/mol. The van der Waals surface area contributed by atoms with Gasteiger partial charge in [0.05, 0.1) is 17.8 Å². The Bertz CT molecular complexity index is 1030. The fourth-order valence-corrected chi connectivity index (χ4v) is 3.85. The summed E-state index contributed by atoms with van der Waals surface area (Å²) in [4.78, 5) is 13.2. The molecule has 0 bridgehead atoms. The molecule has 0 aromatic carbocycles. The van der Waals surface area contributed by atoms with Crippen LogP contribution in [0.3, 0.4) is 0 Å². The van der Waals surface area contributed by atoms with E-state index in [9.17, 15) is 18.0 Å². The van der Waals surface area contributed by atoms with Gasteiger partial charge >= 0.3 is 6.18 Å². The van der Waals surface area contributed by atoms with Gasteiger partial charge < -0.3 is 10.6 Å². The van der Waals surface area contributed by atoms with Crippen LogP contribution < -0.4 is 10.6 Å². The van der Waals surface area contributed by atoms with Crippen molar-refractivity contribution in [3.63, 3.8) is 0 Å². The SMILES string of the molecule is C=C/C(=C\C)c1cc(C(F)(F)F)nn1CC(C)(C)NC(=O)C(CC1=CCC[N+](C)=C1)NC(=C)C. The van der Waals surface area contributed by atoms with Crippen molar-refractivity contribution in [1.29, 1.82) is 0 Å². The number of amides is 1. The van der Waals surface area contributed by atoms with Crippen LogP contribution in [0.2, 0.25) is 0 Å². The topological polar surface area (TPSA) is 62.0 Å². The molecule has 9 heteroatoms. The highest BCUT2D eigenvalue weighted by molar-refractivity contribution is 5.85. The van der Waals surface area contributed by atoms with Gasteiger partial charge in [0.15, 0.2) is 11.9 Å². The predicted octanol–water partition coefficient (Wildman–Crippen LogP) is 4.31. The molecule has 1 atom stereocenters. The molecular formula is C25H35F3N5O+. The summed E-state index contributed by atoms with van der Waals surface area (Å²) >= 11 is 0. The van der Waals surface area contributed by atoms with E-state index < -0.39 is 23.5 Å². The highest BCUT2D eigenvalue weighted by atomic mass is 19.4. The van der Waals surface area contributed by atoms with E-state index in [1.165, 1.54) is 10.8 Å². The Morgan fingerprint density at radius 1 is 1.38 bits per heavy atom. The van der Waals surface area contributed by atoms with Crippen molar-refractivity contribution in [3.8, 4) is 0 Å². The Labute approximate surface area is 199 Å². The minimum absolute atomic E-state index is 0.0344. The van der Waals surface area contributed by atoms with Gasteiger partial charge in [0.25, 0.3) is 0 Å². The number of nitrogens with zero attached hydrogens (tertiary/aromatic N) is 3. The van der Waals surface area contributed by atoms with E-state index in [4.69, 9.17) is 0 Å². The molecule has 186 valence electrons. The summed E-state index contributed by atoms with van der Waals surface area (Å²) in [5.74, 6) is -0.268. The van der Waals surface area contributed by atoms with Crippen molar-refractivity contribution in [2.75, 3.05) is 13.6 Å². The Morgan fingerprint density at radius 3 is 2.59 bits per heavy atom. The van der Waals surface area contributed by atoms with Crippen molar-refractivity contribution in [1.82, 2.24) is 20.4 Å². The third-order valence-corrected chi connectivity index (χ3v) is 5.36. The maximum atomic E-state index is 13.4. The van der Waals surface area contributed by atoms with Crippen LogP contribution in [-0.2, 0) is 17.5 Å². The molecule has 0 fully saturated rings.